The Bertz CT molecular complexity index is 1210. The van der Waals surface area contributed by atoms with Crippen LogP contribution in [0.3, 0.4) is 0 Å². The highest BCUT2D eigenvalue weighted by Crippen LogP contribution is 2.62. The minimum atomic E-state index is -5.59. The maximum Gasteiger partial charge on any atom is 0.514 e. The van der Waals surface area contributed by atoms with Gasteiger partial charge in [0.2, 0.25) is 0 Å². The predicted molar refractivity (Wildman–Crippen MR) is 156 cm³/mol. The number of aliphatic hydroxyl groups is 1. The first-order chi connectivity index (χ1) is 20.7. The van der Waals surface area contributed by atoms with E-state index in [9.17, 15) is 36.1 Å². The number of hydrogen-bond donors (Lipinski definition) is 1. The molecule has 3 aliphatic carbocycles. The third kappa shape index (κ3) is 7.12. The number of likely N-dealkylation sites (tertiary alicyclic amines) is 1. The summed E-state index contributed by atoms with van der Waals surface area (Å²) in [5, 5.41) is 10.9. The molecule has 44 heavy (non-hydrogen) atoms. The van der Waals surface area contributed by atoms with Gasteiger partial charge in [-0.1, -0.05) is 13.0 Å². The Hall–Kier alpha value is -1.79. The monoisotopic (exact) mass is 649 g/mol. The fourth-order valence-electron chi connectivity index (χ4n) is 8.54. The van der Waals surface area contributed by atoms with Gasteiger partial charge in [-0.05, 0) is 117 Å². The van der Waals surface area contributed by atoms with E-state index in [0.717, 1.165) is 57.1 Å². The lowest BCUT2D eigenvalue weighted by molar-refractivity contribution is -0.284. The fraction of sp³-hybridized carbons (Fsp3) is 0.781. The zero-order valence-corrected chi connectivity index (χ0v) is 26.2. The van der Waals surface area contributed by atoms with Gasteiger partial charge < -0.3 is 19.5 Å². The van der Waals surface area contributed by atoms with Gasteiger partial charge >= 0.3 is 18.3 Å². The molecule has 1 N–H and O–H groups in total. The number of ether oxygens (including phenoxy) is 2. The standard InChI is InChI=1S/C32H44F5NO5S/c1-30-13-10-25-24-7-6-22(42-29(40)43-23-11-14-38(2)19-23)18-21(24)17-20(28(25)26(30)8-9-27(30)39)5-3-15-44(41)16-4-12-31(33,34)32(35,36)37/h6-7,18,20,23,25-28,39H,3-5,8-17,19H2,1-2H3/t20-,23?,25-,26+,27+,28-,30+,44?/m1/s1. The van der Waals surface area contributed by atoms with Crippen LogP contribution in [0.1, 0.15) is 81.8 Å². The van der Waals surface area contributed by atoms with Gasteiger partial charge in [0, 0.05) is 41.8 Å². The molecule has 4 aliphatic rings. The molecule has 0 radical (unpaired) electrons. The van der Waals surface area contributed by atoms with E-state index in [2.05, 4.69) is 17.9 Å². The first-order valence-corrected chi connectivity index (χ1v) is 17.3. The van der Waals surface area contributed by atoms with E-state index in [1.165, 1.54) is 5.56 Å². The molecule has 0 amide bonds. The van der Waals surface area contributed by atoms with Gasteiger partial charge in [-0.2, -0.15) is 22.0 Å². The average molecular weight is 650 g/mol. The van der Waals surface area contributed by atoms with Gasteiger partial charge in [-0.15, -0.1) is 0 Å². The Kier molecular flexibility index (Phi) is 10.0. The van der Waals surface area contributed by atoms with Gasteiger partial charge in [0.15, 0.2) is 0 Å². The van der Waals surface area contributed by atoms with E-state index in [-0.39, 0.29) is 41.0 Å². The molecular weight excluding hydrogens is 605 g/mol. The summed E-state index contributed by atoms with van der Waals surface area (Å²) in [5.41, 5.74) is 2.17. The number of likely N-dealkylation sites (N-methyl/N-ethyl adjacent to an activating group) is 1. The van der Waals surface area contributed by atoms with Crippen LogP contribution >= 0.6 is 0 Å². The Labute approximate surface area is 258 Å². The van der Waals surface area contributed by atoms with Crippen LogP contribution in [0, 0.1) is 23.2 Å². The second-order valence-electron chi connectivity index (χ2n) is 13.7. The largest absolute Gasteiger partial charge is 0.514 e. The van der Waals surface area contributed by atoms with Crippen molar-refractivity contribution in [2.75, 3.05) is 31.6 Å². The molecule has 5 rings (SSSR count). The van der Waals surface area contributed by atoms with Gasteiger partial charge in [0.1, 0.15) is 11.9 Å². The van der Waals surface area contributed by atoms with Crippen molar-refractivity contribution in [1.29, 1.82) is 0 Å². The van der Waals surface area contributed by atoms with Gasteiger partial charge in [0.25, 0.3) is 0 Å². The number of aliphatic hydroxyl groups excluding tert-OH is 1. The molecule has 0 bridgehead atoms. The minimum Gasteiger partial charge on any atom is -0.429 e. The average Bonchev–Trinajstić information content (AvgIpc) is 3.48. The summed E-state index contributed by atoms with van der Waals surface area (Å²) < 4.78 is 87.5. The van der Waals surface area contributed by atoms with E-state index >= 15 is 0 Å². The lowest BCUT2D eigenvalue weighted by atomic mass is 9.52. The second-order valence-corrected chi connectivity index (χ2v) is 15.4. The van der Waals surface area contributed by atoms with Crippen LogP contribution < -0.4 is 4.74 Å². The maximum atomic E-state index is 13.2. The third-order valence-corrected chi connectivity index (χ3v) is 12.3. The van der Waals surface area contributed by atoms with Crippen molar-refractivity contribution in [3.05, 3.63) is 29.3 Å². The lowest BCUT2D eigenvalue weighted by Crippen LogP contribution is -2.47. The van der Waals surface area contributed by atoms with E-state index in [1.807, 2.05) is 19.2 Å². The number of alkyl halides is 5. The topological polar surface area (TPSA) is 76.1 Å². The van der Waals surface area contributed by atoms with Crippen molar-refractivity contribution in [1.82, 2.24) is 4.90 Å². The van der Waals surface area contributed by atoms with Crippen LogP contribution in [0.15, 0.2) is 18.2 Å². The van der Waals surface area contributed by atoms with Crippen LogP contribution in [0.4, 0.5) is 26.7 Å². The van der Waals surface area contributed by atoms with Gasteiger partial charge in [-0.3, -0.25) is 4.21 Å². The summed E-state index contributed by atoms with van der Waals surface area (Å²) in [7, 11) is 0.482. The number of benzene rings is 1. The van der Waals surface area contributed by atoms with Crippen LogP contribution in [-0.4, -0.2) is 76.3 Å². The second kappa shape index (κ2) is 13.1. The first-order valence-electron chi connectivity index (χ1n) is 15.9. The summed E-state index contributed by atoms with van der Waals surface area (Å²) >= 11 is 0. The SMILES string of the molecule is CN1CCC(OC(=O)Oc2ccc3c(c2)C[C@@H](CCCS(=O)CCCC(F)(F)C(F)(F)F)[C@@H]2[C@@H]3CC[C@]3(C)[C@@H](O)CC[C@@H]23)C1. The summed E-state index contributed by atoms with van der Waals surface area (Å²) in [6, 6.07) is 5.78. The van der Waals surface area contributed by atoms with E-state index in [0.29, 0.717) is 30.6 Å². The molecular formula is C32H44F5NO5S. The molecule has 0 spiro atoms. The summed E-state index contributed by atoms with van der Waals surface area (Å²) in [4.78, 5) is 14.6. The van der Waals surface area contributed by atoms with Crippen molar-refractivity contribution in [2.45, 2.75) is 101 Å². The zero-order chi connectivity index (χ0) is 31.9. The highest BCUT2D eigenvalue weighted by Gasteiger charge is 2.57. The molecule has 1 saturated heterocycles. The minimum absolute atomic E-state index is 0.162. The van der Waals surface area contributed by atoms with E-state index in [1.54, 1.807) is 0 Å². The molecule has 1 heterocycles. The molecule has 8 atom stereocenters. The molecule has 0 aromatic heterocycles. The summed E-state index contributed by atoms with van der Waals surface area (Å²) in [6.07, 6.45) is -2.34. The maximum absolute atomic E-state index is 13.2. The Morgan fingerprint density at radius 3 is 2.57 bits per heavy atom. The molecule has 1 aromatic rings. The predicted octanol–water partition coefficient (Wildman–Crippen LogP) is 6.86. The Morgan fingerprint density at radius 2 is 1.86 bits per heavy atom. The fourth-order valence-corrected chi connectivity index (χ4v) is 9.70. The number of carbonyl (C=O) groups is 1. The number of hydrogen-bond acceptors (Lipinski definition) is 6. The molecule has 2 unspecified atom stereocenters. The number of carbonyl (C=O) groups excluding carboxylic acids is 1. The Morgan fingerprint density at radius 1 is 1.11 bits per heavy atom. The van der Waals surface area contributed by atoms with Crippen molar-refractivity contribution in [3.63, 3.8) is 0 Å². The number of fused-ring (bicyclic) bond motifs is 5. The van der Waals surface area contributed by atoms with Crippen LogP contribution in [0.5, 0.6) is 5.75 Å². The van der Waals surface area contributed by atoms with E-state index in [4.69, 9.17) is 9.47 Å². The van der Waals surface area contributed by atoms with Crippen molar-refractivity contribution < 1.29 is 45.5 Å². The van der Waals surface area contributed by atoms with Crippen LogP contribution in [0.25, 0.3) is 0 Å². The smallest absolute Gasteiger partial charge is 0.429 e. The summed E-state index contributed by atoms with van der Waals surface area (Å²) in [5.74, 6) is -3.16. The molecule has 3 fully saturated rings. The third-order valence-electron chi connectivity index (χ3n) is 10.9. The lowest BCUT2D eigenvalue weighted by Gasteiger charge is -2.53. The Balaban J connectivity index is 1.24. The van der Waals surface area contributed by atoms with Crippen molar-refractivity contribution in [2.24, 2.45) is 23.2 Å². The molecule has 1 aromatic carbocycles. The van der Waals surface area contributed by atoms with Crippen molar-refractivity contribution in [3.8, 4) is 5.75 Å². The summed E-state index contributed by atoms with van der Waals surface area (Å²) in [6.45, 7) is 3.72. The number of halogens is 5. The highest BCUT2D eigenvalue weighted by atomic mass is 32.2. The van der Waals surface area contributed by atoms with Gasteiger partial charge in [0.05, 0.1) is 6.10 Å². The van der Waals surface area contributed by atoms with Crippen LogP contribution in [-0.2, 0) is 22.0 Å². The molecule has 12 heteroatoms. The molecule has 2 saturated carbocycles. The first kappa shape index (κ1) is 33.6. The molecule has 6 nitrogen and oxygen atoms in total. The molecule has 248 valence electrons. The number of rotatable bonds is 10. The quantitative estimate of drug-likeness (QED) is 0.170. The van der Waals surface area contributed by atoms with Crippen LogP contribution in [0.2, 0.25) is 0 Å². The molecule has 1 aliphatic heterocycles. The van der Waals surface area contributed by atoms with Gasteiger partial charge in [-0.25, -0.2) is 4.79 Å². The normalized spacial score (nSPS) is 32.9. The zero-order valence-electron chi connectivity index (χ0n) is 25.4. The number of nitrogens with zero attached hydrogens (tertiary/aromatic N) is 1. The highest BCUT2D eigenvalue weighted by molar-refractivity contribution is 7.84. The van der Waals surface area contributed by atoms with Crippen molar-refractivity contribution >= 4 is 17.0 Å². The van der Waals surface area contributed by atoms with E-state index < -0.39 is 41.9 Å².